The Balaban J connectivity index is 4.63. The van der Waals surface area contributed by atoms with Crippen molar-refractivity contribution in [1.82, 2.24) is 5.32 Å². The summed E-state index contributed by atoms with van der Waals surface area (Å²) >= 11 is 0. The van der Waals surface area contributed by atoms with Gasteiger partial charge in [-0.2, -0.15) is 0 Å². The average Bonchev–Trinajstić information content (AvgIpc) is 2.25. The topological polar surface area (TPSA) is 98.8 Å². The van der Waals surface area contributed by atoms with Gasteiger partial charge in [-0.05, 0) is 0 Å². The van der Waals surface area contributed by atoms with Crippen LogP contribution in [0.4, 0.5) is 0 Å². The summed E-state index contributed by atoms with van der Waals surface area (Å²) < 4.78 is 8.58. The fourth-order valence-corrected chi connectivity index (χ4v) is 0.908. The summed E-state index contributed by atoms with van der Waals surface area (Å²) in [5.41, 5.74) is 0. The summed E-state index contributed by atoms with van der Waals surface area (Å²) in [6, 6.07) is 0. The Hall–Kier alpha value is -1.92. The Labute approximate surface area is 92.1 Å². The number of ether oxygens (including phenoxy) is 2. The lowest BCUT2D eigenvalue weighted by molar-refractivity contribution is -0.161. The molecule has 7 heteroatoms. The molecule has 0 aromatic carbocycles. The summed E-state index contributed by atoms with van der Waals surface area (Å²) in [5.74, 6) is -4.90. The van der Waals surface area contributed by atoms with Gasteiger partial charge in [0, 0.05) is 6.92 Å². The van der Waals surface area contributed by atoms with E-state index in [2.05, 4.69) is 14.8 Å². The molecule has 0 saturated heterocycles. The minimum atomic E-state index is -1.65. The molecule has 0 aliphatic carbocycles. The number of esters is 2. The van der Waals surface area contributed by atoms with Crippen molar-refractivity contribution in [3.05, 3.63) is 0 Å². The predicted octanol–water partition coefficient (Wildman–Crippen LogP) is -1.35. The van der Waals surface area contributed by atoms with E-state index in [1.54, 1.807) is 0 Å². The predicted molar refractivity (Wildman–Crippen MR) is 51.2 cm³/mol. The Morgan fingerprint density at radius 1 is 1.06 bits per heavy atom. The van der Waals surface area contributed by atoms with Crippen LogP contribution in [0.1, 0.15) is 6.92 Å². The molecule has 7 nitrogen and oxygen atoms in total. The third kappa shape index (κ3) is 4.07. The molecule has 0 aromatic heterocycles. The van der Waals surface area contributed by atoms with E-state index in [0.717, 1.165) is 14.2 Å². The first-order valence-electron chi connectivity index (χ1n) is 4.36. The molecule has 0 rings (SSSR count). The number of methoxy groups -OCH3 is 2. The molecule has 0 bridgehead atoms. The number of hydrogen-bond acceptors (Lipinski definition) is 6. The van der Waals surface area contributed by atoms with Crippen molar-refractivity contribution < 1.29 is 28.7 Å². The van der Waals surface area contributed by atoms with Crippen molar-refractivity contribution in [3.8, 4) is 0 Å². The highest BCUT2D eigenvalue weighted by Crippen LogP contribution is 2.03. The second kappa shape index (κ2) is 6.54. The standard InChI is InChI=1S/C9H13NO6/c1-5(11)10-4-6(12)7(8(13)15-2)9(14)16-3/h7H,4H2,1-3H3,(H,10,11). The van der Waals surface area contributed by atoms with Gasteiger partial charge in [0.05, 0.1) is 20.8 Å². The first-order valence-corrected chi connectivity index (χ1v) is 4.36. The summed E-state index contributed by atoms with van der Waals surface area (Å²) in [5, 5.41) is 2.18. The normalized spacial score (nSPS) is 9.50. The van der Waals surface area contributed by atoms with Crippen LogP contribution >= 0.6 is 0 Å². The van der Waals surface area contributed by atoms with Gasteiger partial charge in [-0.25, -0.2) is 0 Å². The molecule has 0 unspecified atom stereocenters. The number of hydrogen-bond donors (Lipinski definition) is 1. The van der Waals surface area contributed by atoms with Crippen molar-refractivity contribution in [2.75, 3.05) is 20.8 Å². The van der Waals surface area contributed by atoms with Crippen molar-refractivity contribution >= 4 is 23.6 Å². The number of Topliss-reactive ketones (excluding diaryl/α,β-unsaturated/α-hetero) is 1. The Bertz CT molecular complexity index is 295. The van der Waals surface area contributed by atoms with Crippen LogP contribution in [0.3, 0.4) is 0 Å². The maximum absolute atomic E-state index is 11.4. The lowest BCUT2D eigenvalue weighted by Crippen LogP contribution is -2.40. The number of carbonyl (C=O) groups is 4. The SMILES string of the molecule is COC(=O)C(C(=O)CNC(C)=O)C(=O)OC. The zero-order valence-electron chi connectivity index (χ0n) is 9.23. The van der Waals surface area contributed by atoms with Gasteiger partial charge in [0.25, 0.3) is 0 Å². The molecule has 1 N–H and O–H groups in total. The molecule has 0 atom stereocenters. The summed E-state index contributed by atoms with van der Waals surface area (Å²) in [7, 11) is 2.09. The highest BCUT2D eigenvalue weighted by molar-refractivity contribution is 6.15. The van der Waals surface area contributed by atoms with Gasteiger partial charge in [0.2, 0.25) is 11.8 Å². The van der Waals surface area contributed by atoms with Crippen LogP contribution in [0.15, 0.2) is 0 Å². The van der Waals surface area contributed by atoms with E-state index < -0.39 is 36.1 Å². The molecule has 16 heavy (non-hydrogen) atoms. The monoisotopic (exact) mass is 231 g/mol. The van der Waals surface area contributed by atoms with Gasteiger partial charge < -0.3 is 14.8 Å². The number of carbonyl (C=O) groups excluding carboxylic acids is 4. The van der Waals surface area contributed by atoms with E-state index >= 15 is 0 Å². The lowest BCUT2D eigenvalue weighted by atomic mass is 10.0. The molecule has 0 aliphatic heterocycles. The third-order valence-electron chi connectivity index (χ3n) is 1.71. The second-order valence-electron chi connectivity index (χ2n) is 2.86. The molecular formula is C9H13NO6. The van der Waals surface area contributed by atoms with Gasteiger partial charge in [-0.3, -0.25) is 19.2 Å². The molecule has 0 aromatic rings. The first kappa shape index (κ1) is 14.1. The van der Waals surface area contributed by atoms with Gasteiger partial charge >= 0.3 is 11.9 Å². The number of ketones is 1. The minimum Gasteiger partial charge on any atom is -0.468 e. The molecule has 0 radical (unpaired) electrons. The van der Waals surface area contributed by atoms with Crippen molar-refractivity contribution in [3.63, 3.8) is 0 Å². The van der Waals surface area contributed by atoms with E-state index in [1.807, 2.05) is 0 Å². The maximum atomic E-state index is 11.4. The molecule has 90 valence electrons. The molecule has 0 spiro atoms. The minimum absolute atomic E-state index is 0.426. The van der Waals surface area contributed by atoms with E-state index in [1.165, 1.54) is 6.92 Å². The fourth-order valence-electron chi connectivity index (χ4n) is 0.908. The van der Waals surface area contributed by atoms with E-state index in [4.69, 9.17) is 0 Å². The van der Waals surface area contributed by atoms with Crippen LogP contribution in [-0.4, -0.2) is 44.4 Å². The van der Waals surface area contributed by atoms with Crippen LogP contribution in [-0.2, 0) is 28.7 Å². The first-order chi connectivity index (χ1) is 7.43. The molecular weight excluding hydrogens is 218 g/mol. The molecule has 0 aliphatic rings. The highest BCUT2D eigenvalue weighted by atomic mass is 16.5. The molecule has 0 saturated carbocycles. The lowest BCUT2D eigenvalue weighted by Gasteiger charge is -2.11. The van der Waals surface area contributed by atoms with Gasteiger partial charge in [0.15, 0.2) is 5.78 Å². The number of amides is 1. The fraction of sp³-hybridized carbons (Fsp3) is 0.556. The number of rotatable bonds is 5. The van der Waals surface area contributed by atoms with E-state index in [9.17, 15) is 19.2 Å². The quantitative estimate of drug-likeness (QED) is 0.464. The van der Waals surface area contributed by atoms with Crippen molar-refractivity contribution in [1.29, 1.82) is 0 Å². The Morgan fingerprint density at radius 2 is 1.50 bits per heavy atom. The molecule has 0 heterocycles. The smallest absolute Gasteiger partial charge is 0.327 e. The average molecular weight is 231 g/mol. The largest absolute Gasteiger partial charge is 0.468 e. The van der Waals surface area contributed by atoms with Crippen LogP contribution in [0.25, 0.3) is 0 Å². The molecule has 0 fully saturated rings. The van der Waals surface area contributed by atoms with Crippen LogP contribution < -0.4 is 5.32 Å². The summed E-state index contributed by atoms with van der Waals surface area (Å²) in [6.07, 6.45) is 0. The van der Waals surface area contributed by atoms with Gasteiger partial charge in [-0.15, -0.1) is 0 Å². The second-order valence-corrected chi connectivity index (χ2v) is 2.86. The highest BCUT2D eigenvalue weighted by Gasteiger charge is 2.35. The number of nitrogens with one attached hydrogen (secondary N) is 1. The zero-order valence-corrected chi connectivity index (χ0v) is 9.23. The van der Waals surface area contributed by atoms with Crippen molar-refractivity contribution in [2.45, 2.75) is 6.92 Å². The van der Waals surface area contributed by atoms with E-state index in [0.29, 0.717) is 0 Å². The van der Waals surface area contributed by atoms with Crippen LogP contribution in [0, 0.1) is 5.92 Å². The van der Waals surface area contributed by atoms with Gasteiger partial charge in [0.1, 0.15) is 0 Å². The Kier molecular flexibility index (Phi) is 5.76. The Morgan fingerprint density at radius 3 is 1.81 bits per heavy atom. The van der Waals surface area contributed by atoms with Gasteiger partial charge in [-0.1, -0.05) is 0 Å². The summed E-state index contributed by atoms with van der Waals surface area (Å²) in [4.78, 5) is 44.3. The summed E-state index contributed by atoms with van der Waals surface area (Å²) in [6.45, 7) is 0.781. The zero-order chi connectivity index (χ0) is 12.7. The van der Waals surface area contributed by atoms with Crippen LogP contribution in [0.2, 0.25) is 0 Å². The maximum Gasteiger partial charge on any atom is 0.327 e. The molecule has 1 amide bonds. The van der Waals surface area contributed by atoms with E-state index in [-0.39, 0.29) is 0 Å². The van der Waals surface area contributed by atoms with Crippen molar-refractivity contribution in [2.24, 2.45) is 5.92 Å². The third-order valence-corrected chi connectivity index (χ3v) is 1.71. The van der Waals surface area contributed by atoms with Crippen LogP contribution in [0.5, 0.6) is 0 Å².